The highest BCUT2D eigenvalue weighted by Crippen LogP contribution is 2.16. The second-order valence-electron chi connectivity index (χ2n) is 4.63. The molecule has 0 bridgehead atoms. The molecular formula is C15H16N4O2. The van der Waals surface area contributed by atoms with Gasteiger partial charge in [-0.05, 0) is 38.1 Å². The van der Waals surface area contributed by atoms with Crippen molar-refractivity contribution in [1.82, 2.24) is 9.97 Å². The Kier molecular flexibility index (Phi) is 4.27. The van der Waals surface area contributed by atoms with Crippen LogP contribution in [-0.4, -0.2) is 21.8 Å². The zero-order valence-corrected chi connectivity index (χ0v) is 12.1. The van der Waals surface area contributed by atoms with Crippen molar-refractivity contribution in [2.45, 2.75) is 20.8 Å². The molecule has 1 aromatic heterocycles. The quantitative estimate of drug-likeness (QED) is 0.905. The summed E-state index contributed by atoms with van der Waals surface area (Å²) in [5, 5.41) is 5.45. The van der Waals surface area contributed by atoms with E-state index < -0.39 is 0 Å². The molecule has 0 aliphatic carbocycles. The number of aromatic nitrogens is 2. The van der Waals surface area contributed by atoms with Gasteiger partial charge < -0.3 is 10.6 Å². The molecule has 1 heterocycles. The van der Waals surface area contributed by atoms with Gasteiger partial charge in [0.15, 0.2) is 0 Å². The number of carbonyl (C=O) groups is 2. The molecule has 2 aromatic rings. The molecule has 6 nitrogen and oxygen atoms in total. The second-order valence-corrected chi connectivity index (χ2v) is 4.63. The minimum Gasteiger partial charge on any atom is -0.326 e. The Morgan fingerprint density at radius 2 is 1.38 bits per heavy atom. The van der Waals surface area contributed by atoms with Crippen LogP contribution in [0.2, 0.25) is 0 Å². The summed E-state index contributed by atoms with van der Waals surface area (Å²) in [5.41, 5.74) is 3.06. The van der Waals surface area contributed by atoms with E-state index in [-0.39, 0.29) is 11.8 Å². The van der Waals surface area contributed by atoms with Crippen molar-refractivity contribution in [3.63, 3.8) is 0 Å². The summed E-state index contributed by atoms with van der Waals surface area (Å²) in [5.74, 6) is -0.391. The van der Waals surface area contributed by atoms with Gasteiger partial charge in [0.2, 0.25) is 5.91 Å². The second kappa shape index (κ2) is 6.13. The molecule has 1 aromatic carbocycles. The molecule has 0 fully saturated rings. The molecule has 0 saturated carbocycles. The Hall–Kier alpha value is -2.76. The third-order valence-corrected chi connectivity index (χ3v) is 2.92. The van der Waals surface area contributed by atoms with Crippen LogP contribution in [0.15, 0.2) is 30.6 Å². The first-order chi connectivity index (χ1) is 9.97. The fraction of sp³-hybridized carbons (Fsp3) is 0.200. The van der Waals surface area contributed by atoms with Crippen molar-refractivity contribution in [3.8, 4) is 0 Å². The fourth-order valence-corrected chi connectivity index (χ4v) is 1.96. The highest BCUT2D eigenvalue weighted by Gasteiger charge is 2.14. The van der Waals surface area contributed by atoms with E-state index in [0.29, 0.717) is 28.3 Å². The zero-order chi connectivity index (χ0) is 15.4. The van der Waals surface area contributed by atoms with Crippen LogP contribution in [0, 0.1) is 13.8 Å². The molecular weight excluding hydrogens is 268 g/mol. The van der Waals surface area contributed by atoms with E-state index in [4.69, 9.17) is 0 Å². The van der Waals surface area contributed by atoms with Crippen LogP contribution in [0.25, 0.3) is 0 Å². The highest BCUT2D eigenvalue weighted by atomic mass is 16.2. The fourth-order valence-electron chi connectivity index (χ4n) is 1.96. The standard InChI is InChI=1S/C15H16N4O2/c1-9-14(10(2)17-8-16-9)15(21)19-13-6-4-12(5-7-13)18-11(3)20/h4-8H,1-3H3,(H,18,20)(H,19,21). The molecule has 0 atom stereocenters. The number of anilines is 2. The number of rotatable bonds is 3. The van der Waals surface area contributed by atoms with E-state index in [1.807, 2.05) is 0 Å². The van der Waals surface area contributed by atoms with Crippen molar-refractivity contribution < 1.29 is 9.59 Å². The predicted octanol–water partition coefficient (Wildman–Crippen LogP) is 2.30. The molecule has 2 N–H and O–H groups in total. The van der Waals surface area contributed by atoms with Crippen LogP contribution in [-0.2, 0) is 4.79 Å². The average molecular weight is 284 g/mol. The maximum absolute atomic E-state index is 12.3. The number of carbonyl (C=O) groups excluding carboxylic acids is 2. The first-order valence-electron chi connectivity index (χ1n) is 6.44. The topological polar surface area (TPSA) is 84.0 Å². The van der Waals surface area contributed by atoms with Crippen molar-refractivity contribution in [2.24, 2.45) is 0 Å². The molecule has 108 valence electrons. The van der Waals surface area contributed by atoms with Crippen LogP contribution < -0.4 is 10.6 Å². The number of aryl methyl sites for hydroxylation is 2. The van der Waals surface area contributed by atoms with Gasteiger partial charge in [0, 0.05) is 18.3 Å². The summed E-state index contributed by atoms with van der Waals surface area (Å²) in [6, 6.07) is 6.88. The number of hydrogen-bond donors (Lipinski definition) is 2. The number of nitrogens with one attached hydrogen (secondary N) is 2. The van der Waals surface area contributed by atoms with Crippen LogP contribution in [0.1, 0.15) is 28.7 Å². The number of benzene rings is 1. The lowest BCUT2D eigenvalue weighted by atomic mass is 10.1. The number of amides is 2. The SMILES string of the molecule is CC(=O)Nc1ccc(NC(=O)c2c(C)ncnc2C)cc1. The molecule has 0 radical (unpaired) electrons. The summed E-state index contributed by atoms with van der Waals surface area (Å²) in [6.07, 6.45) is 1.43. The minimum absolute atomic E-state index is 0.139. The van der Waals surface area contributed by atoms with Gasteiger partial charge in [0.1, 0.15) is 6.33 Å². The summed E-state index contributed by atoms with van der Waals surface area (Å²) in [7, 11) is 0. The molecule has 0 spiro atoms. The highest BCUT2D eigenvalue weighted by molar-refractivity contribution is 6.05. The Morgan fingerprint density at radius 1 is 0.905 bits per heavy atom. The third kappa shape index (κ3) is 3.62. The zero-order valence-electron chi connectivity index (χ0n) is 12.1. The maximum Gasteiger partial charge on any atom is 0.259 e. The monoisotopic (exact) mass is 284 g/mol. The first-order valence-corrected chi connectivity index (χ1v) is 6.44. The van der Waals surface area contributed by atoms with Gasteiger partial charge in [-0.15, -0.1) is 0 Å². The van der Waals surface area contributed by atoms with E-state index in [0.717, 1.165) is 0 Å². The van der Waals surface area contributed by atoms with E-state index in [1.165, 1.54) is 13.3 Å². The lowest BCUT2D eigenvalue weighted by Gasteiger charge is -2.09. The lowest BCUT2D eigenvalue weighted by Crippen LogP contribution is -2.16. The summed E-state index contributed by atoms with van der Waals surface area (Å²) >= 11 is 0. The van der Waals surface area contributed by atoms with E-state index in [2.05, 4.69) is 20.6 Å². The Labute approximate surface area is 122 Å². The van der Waals surface area contributed by atoms with Crippen molar-refractivity contribution in [2.75, 3.05) is 10.6 Å². The molecule has 0 aliphatic rings. The van der Waals surface area contributed by atoms with Crippen LogP contribution >= 0.6 is 0 Å². The minimum atomic E-state index is -0.252. The van der Waals surface area contributed by atoms with Crippen LogP contribution in [0.5, 0.6) is 0 Å². The number of hydrogen-bond acceptors (Lipinski definition) is 4. The van der Waals surface area contributed by atoms with Crippen LogP contribution in [0.4, 0.5) is 11.4 Å². The summed E-state index contributed by atoms with van der Waals surface area (Å²) in [4.78, 5) is 31.3. The van der Waals surface area contributed by atoms with Gasteiger partial charge in [-0.25, -0.2) is 9.97 Å². The normalized spacial score (nSPS) is 10.0. The smallest absolute Gasteiger partial charge is 0.259 e. The molecule has 0 unspecified atom stereocenters. The molecule has 0 aliphatic heterocycles. The Bertz CT molecular complexity index is 660. The van der Waals surface area contributed by atoms with Gasteiger partial charge in [-0.2, -0.15) is 0 Å². The first kappa shape index (κ1) is 14.6. The maximum atomic E-state index is 12.3. The van der Waals surface area contributed by atoms with Crippen molar-refractivity contribution in [1.29, 1.82) is 0 Å². The average Bonchev–Trinajstić information content (AvgIpc) is 2.40. The van der Waals surface area contributed by atoms with Gasteiger partial charge in [-0.1, -0.05) is 0 Å². The molecule has 6 heteroatoms. The largest absolute Gasteiger partial charge is 0.326 e. The predicted molar refractivity (Wildman–Crippen MR) is 80.2 cm³/mol. The van der Waals surface area contributed by atoms with E-state index in [9.17, 15) is 9.59 Å². The third-order valence-electron chi connectivity index (χ3n) is 2.92. The van der Waals surface area contributed by atoms with Gasteiger partial charge in [0.25, 0.3) is 5.91 Å². The van der Waals surface area contributed by atoms with Crippen LogP contribution in [0.3, 0.4) is 0 Å². The molecule has 0 saturated heterocycles. The summed E-state index contributed by atoms with van der Waals surface area (Å²) < 4.78 is 0. The van der Waals surface area contributed by atoms with E-state index in [1.54, 1.807) is 38.1 Å². The Morgan fingerprint density at radius 3 is 1.86 bits per heavy atom. The van der Waals surface area contributed by atoms with Gasteiger partial charge in [-0.3, -0.25) is 9.59 Å². The molecule has 2 rings (SSSR count). The molecule has 21 heavy (non-hydrogen) atoms. The van der Waals surface area contributed by atoms with Gasteiger partial charge in [0.05, 0.1) is 17.0 Å². The van der Waals surface area contributed by atoms with E-state index >= 15 is 0 Å². The van der Waals surface area contributed by atoms with Crippen molar-refractivity contribution in [3.05, 3.63) is 47.5 Å². The molecule has 2 amide bonds. The lowest BCUT2D eigenvalue weighted by molar-refractivity contribution is -0.114. The number of nitrogens with zero attached hydrogens (tertiary/aromatic N) is 2. The van der Waals surface area contributed by atoms with Crippen molar-refractivity contribution >= 4 is 23.2 Å². The Balaban J connectivity index is 2.14. The summed E-state index contributed by atoms with van der Waals surface area (Å²) in [6.45, 7) is 4.98. The van der Waals surface area contributed by atoms with Gasteiger partial charge >= 0.3 is 0 Å².